The lowest BCUT2D eigenvalue weighted by Crippen LogP contribution is -1.83. The third-order valence-corrected chi connectivity index (χ3v) is 2.77. The summed E-state index contributed by atoms with van der Waals surface area (Å²) in [5.41, 5.74) is 5.96. The Morgan fingerprint density at radius 3 is 2.00 bits per heavy atom. The van der Waals surface area contributed by atoms with Gasteiger partial charge in [-0.15, -0.1) is 0 Å². The summed E-state index contributed by atoms with van der Waals surface area (Å²) >= 11 is 0. The van der Waals surface area contributed by atoms with Crippen LogP contribution in [0.4, 0.5) is 0 Å². The van der Waals surface area contributed by atoms with Crippen LogP contribution in [0, 0.1) is 32.6 Å². The average Bonchev–Trinajstić information content (AvgIpc) is 2.30. The van der Waals surface area contributed by atoms with E-state index in [9.17, 15) is 0 Å². The van der Waals surface area contributed by atoms with E-state index in [4.69, 9.17) is 0 Å². The Morgan fingerprint density at radius 2 is 1.35 bits per heavy atom. The van der Waals surface area contributed by atoms with E-state index in [0.29, 0.717) is 0 Å². The maximum Gasteiger partial charge on any atom is 0.0278 e. The van der Waals surface area contributed by atoms with Crippen molar-refractivity contribution in [2.24, 2.45) is 0 Å². The molecule has 2 aromatic carbocycles. The highest BCUT2D eigenvalue weighted by Gasteiger charge is 1.94. The molecule has 0 fully saturated rings. The van der Waals surface area contributed by atoms with Crippen LogP contribution in [0.25, 0.3) is 0 Å². The molecule has 17 heavy (non-hydrogen) atoms. The molecule has 0 radical (unpaired) electrons. The molecule has 0 saturated heterocycles. The van der Waals surface area contributed by atoms with E-state index in [1.807, 2.05) is 0 Å². The topological polar surface area (TPSA) is 0 Å². The summed E-state index contributed by atoms with van der Waals surface area (Å²) in [5, 5.41) is 0. The highest BCUT2D eigenvalue weighted by atomic mass is 14.0. The summed E-state index contributed by atoms with van der Waals surface area (Å²) in [4.78, 5) is 0. The van der Waals surface area contributed by atoms with Crippen LogP contribution in [-0.4, -0.2) is 0 Å². The predicted molar refractivity (Wildman–Crippen MR) is 73.1 cm³/mol. The lowest BCUT2D eigenvalue weighted by atomic mass is 10.1. The van der Waals surface area contributed by atoms with E-state index in [2.05, 4.69) is 75.1 Å². The smallest absolute Gasteiger partial charge is 0.0278 e. The average molecular weight is 220 g/mol. The van der Waals surface area contributed by atoms with E-state index >= 15 is 0 Å². The van der Waals surface area contributed by atoms with Gasteiger partial charge in [-0.05, 0) is 44.5 Å². The summed E-state index contributed by atoms with van der Waals surface area (Å²) in [6.07, 6.45) is 0. The molecule has 0 heterocycles. The highest BCUT2D eigenvalue weighted by Crippen LogP contribution is 2.09. The molecule has 0 unspecified atom stereocenters. The molecule has 2 aromatic rings. The van der Waals surface area contributed by atoms with Crippen molar-refractivity contribution in [2.45, 2.75) is 20.8 Å². The van der Waals surface area contributed by atoms with E-state index in [0.717, 1.165) is 11.1 Å². The van der Waals surface area contributed by atoms with Crippen molar-refractivity contribution in [1.29, 1.82) is 0 Å². The first-order chi connectivity index (χ1) is 8.15. The summed E-state index contributed by atoms with van der Waals surface area (Å²) < 4.78 is 0. The third kappa shape index (κ3) is 2.98. The molecule has 2 rings (SSSR count). The lowest BCUT2D eigenvalue weighted by molar-refractivity contribution is 1.36. The maximum atomic E-state index is 3.23. The van der Waals surface area contributed by atoms with Gasteiger partial charge in [0.2, 0.25) is 0 Å². The van der Waals surface area contributed by atoms with Crippen LogP contribution in [0.3, 0.4) is 0 Å². The summed E-state index contributed by atoms with van der Waals surface area (Å²) in [5.74, 6) is 6.42. The molecule has 0 bridgehead atoms. The molecule has 0 aliphatic rings. The molecule has 0 saturated carbocycles. The Hall–Kier alpha value is -2.00. The minimum absolute atomic E-state index is 1.07. The summed E-state index contributed by atoms with van der Waals surface area (Å²) in [7, 11) is 0. The lowest BCUT2D eigenvalue weighted by Gasteiger charge is -1.99. The first-order valence-electron chi connectivity index (χ1n) is 5.81. The molecular weight excluding hydrogens is 204 g/mol. The fourth-order valence-corrected chi connectivity index (χ4v) is 1.73. The van der Waals surface area contributed by atoms with Crippen LogP contribution in [0.15, 0.2) is 42.5 Å². The van der Waals surface area contributed by atoms with Gasteiger partial charge < -0.3 is 0 Å². The van der Waals surface area contributed by atoms with E-state index in [1.54, 1.807) is 0 Å². The van der Waals surface area contributed by atoms with Crippen LogP contribution >= 0.6 is 0 Å². The number of hydrogen-bond donors (Lipinski definition) is 0. The molecule has 0 atom stereocenters. The van der Waals surface area contributed by atoms with Crippen molar-refractivity contribution in [3.8, 4) is 11.8 Å². The Balaban J connectivity index is 2.29. The number of benzene rings is 2. The van der Waals surface area contributed by atoms with Crippen molar-refractivity contribution < 1.29 is 0 Å². The molecule has 0 aliphatic carbocycles. The van der Waals surface area contributed by atoms with Crippen LogP contribution in [-0.2, 0) is 0 Å². The Bertz CT molecular complexity index is 578. The van der Waals surface area contributed by atoms with Gasteiger partial charge in [-0.2, -0.15) is 0 Å². The zero-order valence-electron chi connectivity index (χ0n) is 10.5. The SMILES string of the molecule is Cc1ccc(C#Cc2ccc(C)cc2C)cc1. The van der Waals surface area contributed by atoms with Crippen LogP contribution in [0.2, 0.25) is 0 Å². The molecule has 84 valence electrons. The molecule has 0 spiro atoms. The van der Waals surface area contributed by atoms with Crippen LogP contribution in [0.5, 0.6) is 0 Å². The van der Waals surface area contributed by atoms with Gasteiger partial charge in [-0.3, -0.25) is 0 Å². The molecular formula is C17H16. The monoisotopic (exact) mass is 220 g/mol. The van der Waals surface area contributed by atoms with Crippen molar-refractivity contribution in [1.82, 2.24) is 0 Å². The van der Waals surface area contributed by atoms with Crippen molar-refractivity contribution in [2.75, 3.05) is 0 Å². The fraction of sp³-hybridized carbons (Fsp3) is 0.176. The zero-order valence-corrected chi connectivity index (χ0v) is 10.5. The molecule has 0 amide bonds. The Morgan fingerprint density at radius 1 is 0.706 bits per heavy atom. The third-order valence-electron chi connectivity index (χ3n) is 2.77. The van der Waals surface area contributed by atoms with Gasteiger partial charge in [0.15, 0.2) is 0 Å². The van der Waals surface area contributed by atoms with E-state index < -0.39 is 0 Å². The number of hydrogen-bond acceptors (Lipinski definition) is 0. The largest absolute Gasteiger partial charge is 0.0616 e. The predicted octanol–water partition coefficient (Wildman–Crippen LogP) is 4.01. The van der Waals surface area contributed by atoms with Crippen molar-refractivity contribution >= 4 is 0 Å². The number of rotatable bonds is 0. The van der Waals surface area contributed by atoms with Crippen molar-refractivity contribution in [3.63, 3.8) is 0 Å². The second-order valence-electron chi connectivity index (χ2n) is 4.43. The molecule has 0 N–H and O–H groups in total. The van der Waals surface area contributed by atoms with Gasteiger partial charge in [0, 0.05) is 11.1 Å². The maximum absolute atomic E-state index is 3.23. The quantitative estimate of drug-likeness (QED) is 0.588. The molecule has 0 heteroatoms. The molecule has 0 aliphatic heterocycles. The summed E-state index contributed by atoms with van der Waals surface area (Å²) in [6, 6.07) is 14.7. The fourth-order valence-electron chi connectivity index (χ4n) is 1.73. The minimum atomic E-state index is 1.07. The summed E-state index contributed by atoms with van der Waals surface area (Å²) in [6.45, 7) is 6.29. The first-order valence-corrected chi connectivity index (χ1v) is 5.81. The van der Waals surface area contributed by atoms with E-state index in [-0.39, 0.29) is 0 Å². The zero-order chi connectivity index (χ0) is 12.3. The first kappa shape index (κ1) is 11.5. The van der Waals surface area contributed by atoms with Gasteiger partial charge >= 0.3 is 0 Å². The van der Waals surface area contributed by atoms with Gasteiger partial charge in [0.1, 0.15) is 0 Å². The van der Waals surface area contributed by atoms with E-state index in [1.165, 1.54) is 16.7 Å². The van der Waals surface area contributed by atoms with Crippen molar-refractivity contribution in [3.05, 3.63) is 70.3 Å². The molecule has 0 nitrogen and oxygen atoms in total. The number of aryl methyl sites for hydroxylation is 3. The Kier molecular flexibility index (Phi) is 3.30. The van der Waals surface area contributed by atoms with Crippen LogP contribution < -0.4 is 0 Å². The van der Waals surface area contributed by atoms with Gasteiger partial charge in [-0.25, -0.2) is 0 Å². The Labute approximate surface area is 103 Å². The standard InChI is InChI=1S/C17H16/c1-13-4-7-16(8-5-13)9-11-17-10-6-14(2)12-15(17)3/h4-8,10,12H,1-3H3. The minimum Gasteiger partial charge on any atom is -0.0616 e. The second kappa shape index (κ2) is 4.89. The van der Waals surface area contributed by atoms with Gasteiger partial charge in [-0.1, -0.05) is 47.2 Å². The second-order valence-corrected chi connectivity index (χ2v) is 4.43. The normalized spacial score (nSPS) is 9.59. The van der Waals surface area contributed by atoms with Gasteiger partial charge in [0.05, 0.1) is 0 Å². The van der Waals surface area contributed by atoms with Crippen LogP contribution in [0.1, 0.15) is 27.8 Å². The highest BCUT2D eigenvalue weighted by molar-refractivity contribution is 5.47. The molecule has 0 aromatic heterocycles. The van der Waals surface area contributed by atoms with Gasteiger partial charge in [0.25, 0.3) is 0 Å².